The molecule has 0 aliphatic carbocycles. The Hall–Kier alpha value is -4.33. The molecule has 4 rings (SSSR count). The number of aromatic nitrogens is 2. The molecular weight excluding hydrogens is 382 g/mol. The summed E-state index contributed by atoms with van der Waals surface area (Å²) in [4.78, 5) is 19.9. The first kappa shape index (κ1) is 19.0. The molecule has 1 aromatic heterocycles. The zero-order valence-corrected chi connectivity index (χ0v) is 16.1. The number of nitrogens with one attached hydrogen (secondary N) is 2. The molecule has 30 heavy (non-hydrogen) atoms. The average Bonchev–Trinajstić information content (AvgIpc) is 2.76. The van der Waals surface area contributed by atoms with Gasteiger partial charge in [0.1, 0.15) is 11.5 Å². The summed E-state index contributed by atoms with van der Waals surface area (Å²) in [5.74, 6) is 2.13. The second-order valence-electron chi connectivity index (χ2n) is 6.32. The Morgan fingerprint density at radius 1 is 0.967 bits per heavy atom. The van der Waals surface area contributed by atoms with Crippen LogP contribution in [-0.2, 0) is 0 Å². The topological polar surface area (TPSA) is 111 Å². The van der Waals surface area contributed by atoms with Crippen LogP contribution in [0.3, 0.4) is 0 Å². The van der Waals surface area contributed by atoms with Gasteiger partial charge in [0, 0.05) is 28.7 Å². The summed E-state index contributed by atoms with van der Waals surface area (Å²) in [5, 5.41) is 7.37. The van der Waals surface area contributed by atoms with Crippen molar-refractivity contribution in [3.63, 3.8) is 0 Å². The predicted octanol–water partition coefficient (Wildman–Crippen LogP) is 4.66. The van der Waals surface area contributed by atoms with Crippen LogP contribution in [0.5, 0.6) is 17.4 Å². The molecule has 0 radical (unpaired) electrons. The number of carbonyl (C=O) groups is 1. The second kappa shape index (κ2) is 8.36. The van der Waals surface area contributed by atoms with Crippen molar-refractivity contribution in [2.75, 3.05) is 17.7 Å². The van der Waals surface area contributed by atoms with Gasteiger partial charge in [-0.05, 0) is 36.4 Å². The summed E-state index contributed by atoms with van der Waals surface area (Å²) >= 11 is 0. The molecule has 0 atom stereocenters. The Morgan fingerprint density at radius 2 is 1.73 bits per heavy atom. The standard InChI is InChI=1S/C22H19N5O3/c1-29-15-8-6-14(7-9-15)25-22-24-13-12-20(27-22)30-19-11-10-18(26-21(23)28)16-4-2-3-5-17(16)19/h2-13H,1H3,(H3,23,26,28)(H,24,25,27). The van der Waals surface area contributed by atoms with Gasteiger partial charge >= 0.3 is 6.03 Å². The highest BCUT2D eigenvalue weighted by Gasteiger charge is 2.10. The van der Waals surface area contributed by atoms with Crippen molar-refractivity contribution < 1.29 is 14.3 Å². The molecule has 0 aliphatic heterocycles. The van der Waals surface area contributed by atoms with Crippen LogP contribution in [0.25, 0.3) is 10.8 Å². The van der Waals surface area contributed by atoms with Gasteiger partial charge in [0.15, 0.2) is 0 Å². The number of carbonyl (C=O) groups excluding carboxylic acids is 1. The second-order valence-corrected chi connectivity index (χ2v) is 6.32. The number of fused-ring (bicyclic) bond motifs is 1. The molecule has 2 amide bonds. The third kappa shape index (κ3) is 4.22. The monoisotopic (exact) mass is 401 g/mol. The molecule has 0 saturated carbocycles. The number of urea groups is 1. The summed E-state index contributed by atoms with van der Waals surface area (Å²) in [6.45, 7) is 0. The summed E-state index contributed by atoms with van der Waals surface area (Å²) < 4.78 is 11.2. The van der Waals surface area contributed by atoms with Crippen LogP contribution in [0.1, 0.15) is 0 Å². The van der Waals surface area contributed by atoms with Crippen molar-refractivity contribution in [2.24, 2.45) is 5.73 Å². The van der Waals surface area contributed by atoms with Crippen LogP contribution in [0.2, 0.25) is 0 Å². The first-order valence-corrected chi connectivity index (χ1v) is 9.12. The first-order valence-electron chi connectivity index (χ1n) is 9.12. The fourth-order valence-corrected chi connectivity index (χ4v) is 2.98. The Balaban J connectivity index is 1.59. The molecule has 150 valence electrons. The number of hydrogen-bond donors (Lipinski definition) is 3. The van der Waals surface area contributed by atoms with Gasteiger partial charge in [-0.25, -0.2) is 9.78 Å². The SMILES string of the molecule is COc1ccc(Nc2nccc(Oc3ccc(NC(N)=O)c4ccccc34)n2)cc1. The number of benzene rings is 3. The minimum Gasteiger partial charge on any atom is -0.497 e. The van der Waals surface area contributed by atoms with Crippen molar-refractivity contribution in [3.8, 4) is 17.4 Å². The number of hydrogen-bond acceptors (Lipinski definition) is 6. The number of primary amides is 1. The lowest BCUT2D eigenvalue weighted by atomic mass is 10.1. The Labute approximate surface area is 172 Å². The van der Waals surface area contributed by atoms with Crippen LogP contribution in [0, 0.1) is 0 Å². The van der Waals surface area contributed by atoms with E-state index in [0.29, 0.717) is 23.3 Å². The molecule has 0 aliphatic rings. The number of ether oxygens (including phenoxy) is 2. The maximum absolute atomic E-state index is 11.3. The molecule has 0 spiro atoms. The summed E-state index contributed by atoms with van der Waals surface area (Å²) in [6, 6.07) is 19.5. The molecule has 4 N–H and O–H groups in total. The van der Waals surface area contributed by atoms with E-state index < -0.39 is 6.03 Å². The molecule has 0 bridgehead atoms. The fourth-order valence-electron chi connectivity index (χ4n) is 2.98. The van der Waals surface area contributed by atoms with Gasteiger partial charge in [0.2, 0.25) is 11.8 Å². The smallest absolute Gasteiger partial charge is 0.316 e. The molecule has 3 aromatic carbocycles. The Morgan fingerprint density at radius 3 is 2.47 bits per heavy atom. The van der Waals surface area contributed by atoms with E-state index in [0.717, 1.165) is 22.2 Å². The lowest BCUT2D eigenvalue weighted by Crippen LogP contribution is -2.19. The molecule has 0 saturated heterocycles. The van der Waals surface area contributed by atoms with Gasteiger partial charge in [0.05, 0.1) is 12.8 Å². The molecule has 0 fully saturated rings. The van der Waals surface area contributed by atoms with Crippen molar-refractivity contribution in [1.29, 1.82) is 0 Å². The van der Waals surface area contributed by atoms with Crippen molar-refractivity contribution >= 4 is 34.1 Å². The predicted molar refractivity (Wildman–Crippen MR) is 116 cm³/mol. The zero-order valence-electron chi connectivity index (χ0n) is 16.1. The van der Waals surface area contributed by atoms with Gasteiger partial charge in [-0.3, -0.25) is 0 Å². The molecule has 4 aromatic rings. The molecule has 8 heteroatoms. The quantitative estimate of drug-likeness (QED) is 0.433. The molecule has 8 nitrogen and oxygen atoms in total. The van der Waals surface area contributed by atoms with E-state index in [1.54, 1.807) is 31.5 Å². The van der Waals surface area contributed by atoms with Crippen molar-refractivity contribution in [1.82, 2.24) is 9.97 Å². The van der Waals surface area contributed by atoms with E-state index in [4.69, 9.17) is 15.2 Å². The maximum Gasteiger partial charge on any atom is 0.316 e. The maximum atomic E-state index is 11.3. The third-order valence-corrected chi connectivity index (χ3v) is 4.33. The van der Waals surface area contributed by atoms with Gasteiger partial charge in [-0.1, -0.05) is 24.3 Å². The van der Waals surface area contributed by atoms with Gasteiger partial charge < -0.3 is 25.8 Å². The number of methoxy groups -OCH3 is 1. The Bertz CT molecular complexity index is 1190. The fraction of sp³-hybridized carbons (Fsp3) is 0.0455. The summed E-state index contributed by atoms with van der Waals surface area (Å²) in [5.41, 5.74) is 6.69. The number of amides is 2. The lowest BCUT2D eigenvalue weighted by molar-refractivity contribution is 0.259. The van der Waals surface area contributed by atoms with Crippen LogP contribution >= 0.6 is 0 Å². The highest BCUT2D eigenvalue weighted by Crippen LogP contribution is 2.34. The van der Waals surface area contributed by atoms with Gasteiger partial charge in [-0.2, -0.15) is 4.98 Å². The van der Waals surface area contributed by atoms with Gasteiger partial charge in [0.25, 0.3) is 0 Å². The van der Waals surface area contributed by atoms with Crippen LogP contribution in [0.4, 0.5) is 22.1 Å². The van der Waals surface area contributed by atoms with E-state index in [1.165, 1.54) is 0 Å². The molecule has 1 heterocycles. The largest absolute Gasteiger partial charge is 0.497 e. The lowest BCUT2D eigenvalue weighted by Gasteiger charge is -2.12. The van der Waals surface area contributed by atoms with E-state index in [1.807, 2.05) is 48.5 Å². The van der Waals surface area contributed by atoms with Crippen LogP contribution < -0.4 is 25.8 Å². The number of nitrogens with zero attached hydrogens (tertiary/aromatic N) is 2. The number of rotatable bonds is 6. The number of anilines is 3. The molecular formula is C22H19N5O3. The highest BCUT2D eigenvalue weighted by atomic mass is 16.5. The minimum absolute atomic E-state index is 0.377. The van der Waals surface area contributed by atoms with E-state index in [-0.39, 0.29) is 0 Å². The Kier molecular flexibility index (Phi) is 5.29. The highest BCUT2D eigenvalue weighted by molar-refractivity contribution is 6.03. The first-order chi connectivity index (χ1) is 14.6. The van der Waals surface area contributed by atoms with Gasteiger partial charge in [-0.15, -0.1) is 0 Å². The average molecular weight is 401 g/mol. The van der Waals surface area contributed by atoms with E-state index in [9.17, 15) is 4.79 Å². The zero-order chi connectivity index (χ0) is 20.9. The summed E-state index contributed by atoms with van der Waals surface area (Å²) in [7, 11) is 1.62. The normalized spacial score (nSPS) is 10.4. The number of nitrogens with two attached hydrogens (primary N) is 1. The third-order valence-electron chi connectivity index (χ3n) is 4.33. The van der Waals surface area contributed by atoms with E-state index in [2.05, 4.69) is 20.6 Å². The molecule has 0 unspecified atom stereocenters. The van der Waals surface area contributed by atoms with E-state index >= 15 is 0 Å². The summed E-state index contributed by atoms with van der Waals surface area (Å²) in [6.07, 6.45) is 1.61. The van der Waals surface area contributed by atoms with Crippen molar-refractivity contribution in [2.45, 2.75) is 0 Å². The minimum atomic E-state index is -0.626. The van der Waals surface area contributed by atoms with Crippen LogP contribution in [-0.4, -0.2) is 23.1 Å². The van der Waals surface area contributed by atoms with Crippen LogP contribution in [0.15, 0.2) is 72.9 Å². The van der Waals surface area contributed by atoms with Crippen molar-refractivity contribution in [3.05, 3.63) is 72.9 Å².